The van der Waals surface area contributed by atoms with Crippen LogP contribution in [0.15, 0.2) is 18.2 Å². The maximum atomic E-state index is 10.0. The van der Waals surface area contributed by atoms with Crippen molar-refractivity contribution in [1.29, 1.82) is 0 Å². The first-order chi connectivity index (χ1) is 6.31. The van der Waals surface area contributed by atoms with Gasteiger partial charge in [-0.2, -0.15) is 0 Å². The summed E-state index contributed by atoms with van der Waals surface area (Å²) in [5.74, 6) is 1.20. The lowest BCUT2D eigenvalue weighted by atomic mass is 10.3. The van der Waals surface area contributed by atoms with Crippen LogP contribution in [0.4, 0.5) is 5.69 Å². The molecule has 69 valence electrons. The number of carbonyl (C=O) groups excluding carboxylic acids is 1. The van der Waals surface area contributed by atoms with E-state index in [1.807, 2.05) is 0 Å². The molecule has 0 saturated heterocycles. The normalized spacial score (nSPS) is 9.08. The zero-order valence-corrected chi connectivity index (χ0v) is 7.46. The van der Waals surface area contributed by atoms with Gasteiger partial charge in [-0.05, 0) is 12.1 Å². The van der Waals surface area contributed by atoms with Crippen LogP contribution in [-0.4, -0.2) is 20.6 Å². The highest BCUT2D eigenvalue weighted by Gasteiger charge is 2.03. The van der Waals surface area contributed by atoms with Crippen LogP contribution in [0.2, 0.25) is 0 Å². The minimum Gasteiger partial charge on any atom is -0.493 e. The first kappa shape index (κ1) is 9.38. The highest BCUT2D eigenvalue weighted by Crippen LogP contribution is 2.29. The number of amides is 1. The highest BCUT2D eigenvalue weighted by molar-refractivity contribution is 5.73. The van der Waals surface area contributed by atoms with Gasteiger partial charge in [-0.3, -0.25) is 4.79 Å². The van der Waals surface area contributed by atoms with Crippen LogP contribution >= 0.6 is 0 Å². The molecule has 0 aliphatic rings. The summed E-state index contributed by atoms with van der Waals surface area (Å²) in [6.07, 6.45) is 1.58. The van der Waals surface area contributed by atoms with Gasteiger partial charge in [0.25, 0.3) is 0 Å². The molecule has 1 aromatic rings. The number of hydrogen-bond acceptors (Lipinski definition) is 3. The van der Waals surface area contributed by atoms with Gasteiger partial charge in [0, 0.05) is 11.8 Å². The Morgan fingerprint density at radius 3 is 2.46 bits per heavy atom. The van der Waals surface area contributed by atoms with Crippen molar-refractivity contribution >= 4 is 12.1 Å². The van der Waals surface area contributed by atoms with Gasteiger partial charge in [0.2, 0.25) is 0 Å². The van der Waals surface area contributed by atoms with Gasteiger partial charge >= 0.3 is 6.41 Å². The molecule has 0 fully saturated rings. The minimum atomic E-state index is 0.572. The maximum Gasteiger partial charge on any atom is 0.314 e. The molecule has 4 nitrogen and oxygen atoms in total. The molecule has 1 rings (SSSR count). The predicted molar refractivity (Wildman–Crippen MR) is 48.9 cm³/mol. The van der Waals surface area contributed by atoms with Crippen molar-refractivity contribution in [1.82, 2.24) is 0 Å². The number of nitrogens with one attached hydrogen (secondary N) is 1. The fourth-order valence-electron chi connectivity index (χ4n) is 0.973. The second-order valence-corrected chi connectivity index (χ2v) is 2.30. The molecule has 1 aromatic carbocycles. The quantitative estimate of drug-likeness (QED) is 0.708. The summed E-state index contributed by atoms with van der Waals surface area (Å²) < 4.78 is 10.0. The van der Waals surface area contributed by atoms with Crippen LogP contribution in [-0.2, 0) is 4.79 Å². The van der Waals surface area contributed by atoms with Crippen molar-refractivity contribution in [3.63, 3.8) is 0 Å². The molecule has 0 spiro atoms. The van der Waals surface area contributed by atoms with Gasteiger partial charge in [0.05, 0.1) is 14.2 Å². The third-order valence-corrected chi connectivity index (χ3v) is 1.58. The monoisotopic (exact) mass is 180 g/mol. The van der Waals surface area contributed by atoms with Crippen molar-refractivity contribution < 1.29 is 14.3 Å². The lowest BCUT2D eigenvalue weighted by Crippen LogP contribution is -1.95. The molecule has 0 aromatic heterocycles. The molecule has 0 aliphatic carbocycles. The van der Waals surface area contributed by atoms with Gasteiger partial charge in [-0.1, -0.05) is 0 Å². The van der Waals surface area contributed by atoms with Crippen molar-refractivity contribution in [3.8, 4) is 11.5 Å². The Morgan fingerprint density at radius 1 is 1.23 bits per heavy atom. The second-order valence-electron chi connectivity index (χ2n) is 2.30. The second kappa shape index (κ2) is 4.35. The van der Waals surface area contributed by atoms with E-state index in [-0.39, 0.29) is 0 Å². The molecule has 0 heterocycles. The summed E-state index contributed by atoms with van der Waals surface area (Å²) in [4.78, 5) is 10.0. The Morgan fingerprint density at radius 2 is 1.92 bits per heavy atom. The van der Waals surface area contributed by atoms with Crippen molar-refractivity contribution in [2.45, 2.75) is 0 Å². The van der Waals surface area contributed by atoms with Crippen LogP contribution in [0.1, 0.15) is 0 Å². The minimum absolute atomic E-state index is 0.572. The summed E-state index contributed by atoms with van der Waals surface area (Å²) in [5.41, 5.74) is 0.618. The standard InChI is InChI=1S/C9H10NO3/c1-12-8-4-3-7(10-6-11)5-9(8)13-2/h3-5H,1-2H3,(H,10,11). The lowest BCUT2D eigenvalue weighted by molar-refractivity contribution is 0.355. The molecule has 0 aliphatic heterocycles. The number of methoxy groups -OCH3 is 2. The number of anilines is 1. The molecule has 1 N–H and O–H groups in total. The van der Waals surface area contributed by atoms with E-state index in [9.17, 15) is 4.79 Å². The highest BCUT2D eigenvalue weighted by atomic mass is 16.5. The molecule has 0 bridgehead atoms. The van der Waals surface area contributed by atoms with E-state index in [4.69, 9.17) is 9.47 Å². The zero-order chi connectivity index (χ0) is 9.68. The Bertz CT molecular complexity index is 299. The van der Waals surface area contributed by atoms with Crippen LogP contribution in [0.25, 0.3) is 0 Å². The van der Waals surface area contributed by atoms with E-state index >= 15 is 0 Å². The molecule has 0 atom stereocenters. The Kier molecular flexibility index (Phi) is 3.14. The SMILES string of the molecule is COc1ccc(N[C]=O)cc1OC. The Balaban J connectivity index is 2.98. The Labute approximate surface area is 76.5 Å². The molecule has 4 heteroatoms. The van der Waals surface area contributed by atoms with Gasteiger partial charge in [-0.15, -0.1) is 0 Å². The molecule has 1 radical (unpaired) electrons. The van der Waals surface area contributed by atoms with Crippen LogP contribution < -0.4 is 14.8 Å². The summed E-state index contributed by atoms with van der Waals surface area (Å²) in [7, 11) is 3.09. The fraction of sp³-hybridized carbons (Fsp3) is 0.222. The Hall–Kier alpha value is -1.71. The fourth-order valence-corrected chi connectivity index (χ4v) is 0.973. The van der Waals surface area contributed by atoms with Crippen LogP contribution in [0.5, 0.6) is 11.5 Å². The summed E-state index contributed by atoms with van der Waals surface area (Å²) in [6, 6.07) is 5.06. The average Bonchev–Trinajstić information content (AvgIpc) is 2.18. The van der Waals surface area contributed by atoms with E-state index in [2.05, 4.69) is 5.32 Å². The van der Waals surface area contributed by atoms with E-state index < -0.39 is 0 Å². The number of ether oxygens (including phenoxy) is 2. The summed E-state index contributed by atoms with van der Waals surface area (Å²) >= 11 is 0. The third-order valence-electron chi connectivity index (χ3n) is 1.58. The van der Waals surface area contributed by atoms with E-state index in [0.717, 1.165) is 0 Å². The number of benzene rings is 1. The van der Waals surface area contributed by atoms with Crippen molar-refractivity contribution in [2.75, 3.05) is 19.5 Å². The predicted octanol–water partition coefficient (Wildman–Crippen LogP) is 1.18. The maximum absolute atomic E-state index is 10.0. The third kappa shape index (κ3) is 2.11. The molecule has 0 unspecified atom stereocenters. The van der Waals surface area contributed by atoms with Crippen LogP contribution in [0, 0.1) is 0 Å². The first-order valence-electron chi connectivity index (χ1n) is 3.67. The van der Waals surface area contributed by atoms with Crippen LogP contribution in [0.3, 0.4) is 0 Å². The largest absolute Gasteiger partial charge is 0.493 e. The molecule has 1 amide bonds. The van der Waals surface area contributed by atoms with E-state index in [1.165, 1.54) is 7.11 Å². The molecule has 0 saturated carbocycles. The lowest BCUT2D eigenvalue weighted by Gasteiger charge is -2.08. The molecular weight excluding hydrogens is 170 g/mol. The summed E-state index contributed by atoms with van der Waals surface area (Å²) in [5, 5.41) is 2.39. The van der Waals surface area contributed by atoms with Gasteiger partial charge in [0.1, 0.15) is 0 Å². The van der Waals surface area contributed by atoms with E-state index in [0.29, 0.717) is 17.2 Å². The topological polar surface area (TPSA) is 47.6 Å². The van der Waals surface area contributed by atoms with Gasteiger partial charge in [-0.25, -0.2) is 0 Å². The van der Waals surface area contributed by atoms with Gasteiger partial charge < -0.3 is 14.8 Å². The van der Waals surface area contributed by atoms with Gasteiger partial charge in [0.15, 0.2) is 11.5 Å². The van der Waals surface area contributed by atoms with Crippen molar-refractivity contribution in [3.05, 3.63) is 18.2 Å². The smallest absolute Gasteiger partial charge is 0.314 e. The first-order valence-corrected chi connectivity index (χ1v) is 3.67. The van der Waals surface area contributed by atoms with E-state index in [1.54, 1.807) is 31.7 Å². The number of rotatable bonds is 4. The average molecular weight is 180 g/mol. The zero-order valence-electron chi connectivity index (χ0n) is 7.46. The summed E-state index contributed by atoms with van der Waals surface area (Å²) in [6.45, 7) is 0. The molecular formula is C9H10NO3. The van der Waals surface area contributed by atoms with Crippen molar-refractivity contribution in [2.24, 2.45) is 0 Å². The molecule has 13 heavy (non-hydrogen) atoms. The number of hydrogen-bond donors (Lipinski definition) is 1.